The number of anilines is 1. The van der Waals surface area contributed by atoms with Crippen molar-refractivity contribution in [1.82, 2.24) is 9.99 Å². The van der Waals surface area contributed by atoms with Crippen LogP contribution in [0.2, 0.25) is 5.02 Å². The normalized spacial score (nSPS) is 13.6. The van der Waals surface area contributed by atoms with Gasteiger partial charge in [-0.25, -0.2) is 19.6 Å². The van der Waals surface area contributed by atoms with Crippen LogP contribution in [0.4, 0.5) is 14.6 Å². The average Bonchev–Trinajstić information content (AvgIpc) is 2.63. The summed E-state index contributed by atoms with van der Waals surface area (Å²) in [4.78, 5) is 4.10. The first kappa shape index (κ1) is 18.6. The average molecular weight is 367 g/mol. The van der Waals surface area contributed by atoms with E-state index >= 15 is 0 Å². The van der Waals surface area contributed by atoms with E-state index in [1.807, 2.05) is 0 Å². The third kappa shape index (κ3) is 4.04. The lowest BCUT2D eigenvalue weighted by atomic mass is 10.0. The Kier molecular flexibility index (Phi) is 5.89. The van der Waals surface area contributed by atoms with Gasteiger partial charge in [0, 0.05) is 16.8 Å². The van der Waals surface area contributed by atoms with Crippen molar-refractivity contribution in [2.24, 2.45) is 16.8 Å². The molecular weight excluding hydrogens is 350 g/mol. The lowest BCUT2D eigenvalue weighted by molar-refractivity contribution is 0.327. The van der Waals surface area contributed by atoms with Gasteiger partial charge in [0.25, 0.3) is 0 Å². The van der Waals surface area contributed by atoms with Crippen LogP contribution in [-0.4, -0.2) is 21.9 Å². The van der Waals surface area contributed by atoms with Crippen LogP contribution in [0.25, 0.3) is 11.1 Å². The zero-order valence-corrected chi connectivity index (χ0v) is 14.1. The largest absolute Gasteiger partial charge is 0.383 e. The fraction of sp³-hybridized carbons (Fsp3) is 0.125. The molecule has 0 saturated heterocycles. The van der Waals surface area contributed by atoms with Gasteiger partial charge >= 0.3 is 0 Å². The third-order valence-corrected chi connectivity index (χ3v) is 3.88. The first-order valence-electron chi connectivity index (χ1n) is 7.18. The lowest BCUT2D eigenvalue weighted by Gasteiger charge is -2.26. The zero-order valence-electron chi connectivity index (χ0n) is 13.3. The molecule has 9 heteroatoms. The number of aromatic nitrogens is 1. The molecule has 6 N–H and O–H groups in total. The van der Waals surface area contributed by atoms with Crippen molar-refractivity contribution in [2.45, 2.75) is 13.0 Å². The zero-order chi connectivity index (χ0) is 18.6. The number of nitrogens with zero attached hydrogens (tertiary/aromatic N) is 3. The monoisotopic (exact) mass is 366 g/mol. The Bertz CT molecular complexity index is 807. The number of nitrogen functional groups attached to an aromatic ring is 1. The molecule has 2 rings (SSSR count). The van der Waals surface area contributed by atoms with E-state index in [0.29, 0.717) is 10.6 Å². The number of benzene rings is 1. The number of pyridine rings is 1. The van der Waals surface area contributed by atoms with Crippen molar-refractivity contribution in [3.8, 4) is 11.1 Å². The van der Waals surface area contributed by atoms with Gasteiger partial charge in [0.2, 0.25) is 0 Å². The Morgan fingerprint density at radius 3 is 2.52 bits per heavy atom. The third-order valence-electron chi connectivity index (χ3n) is 3.62. The van der Waals surface area contributed by atoms with Gasteiger partial charge in [0.1, 0.15) is 12.1 Å². The van der Waals surface area contributed by atoms with E-state index in [-0.39, 0.29) is 23.5 Å². The maximum atomic E-state index is 13.5. The number of hydrogen-bond donors (Lipinski definition) is 3. The van der Waals surface area contributed by atoms with Crippen molar-refractivity contribution in [2.75, 3.05) is 5.73 Å². The first-order valence-corrected chi connectivity index (χ1v) is 7.56. The van der Waals surface area contributed by atoms with Gasteiger partial charge in [-0.1, -0.05) is 23.7 Å². The number of amidine groups is 1. The molecule has 132 valence electrons. The van der Waals surface area contributed by atoms with Crippen molar-refractivity contribution < 1.29 is 8.78 Å². The Hall–Kier alpha value is -2.71. The van der Waals surface area contributed by atoms with E-state index in [1.54, 1.807) is 36.5 Å². The molecule has 0 aliphatic carbocycles. The fourth-order valence-corrected chi connectivity index (χ4v) is 2.26. The summed E-state index contributed by atoms with van der Waals surface area (Å²) in [5.74, 6) is 10.2. The number of hydrazone groups is 1. The Balaban J connectivity index is 2.46. The summed E-state index contributed by atoms with van der Waals surface area (Å²) in [6, 6.07) is 7.57. The summed E-state index contributed by atoms with van der Waals surface area (Å²) in [5, 5.41) is 5.04. The summed E-state index contributed by atoms with van der Waals surface area (Å²) in [6.07, 6.45) is 1.38. The standard InChI is InChI=1S/C16H17ClF2N6/c1-9(14(19)7-18)25(22)16(24-21)13-6-11(8-23-15(13)20)10-2-4-12(17)5-3-10/h2-9H,21-22H2,1H3,(H2,20,23)/b14-7-,24-16-. The number of rotatable bonds is 4. The van der Waals surface area contributed by atoms with Crippen molar-refractivity contribution in [3.63, 3.8) is 0 Å². The lowest BCUT2D eigenvalue weighted by Crippen LogP contribution is -2.45. The van der Waals surface area contributed by atoms with Gasteiger partial charge in [-0.3, -0.25) is 5.01 Å². The molecule has 25 heavy (non-hydrogen) atoms. The quantitative estimate of drug-likeness (QED) is 0.334. The molecule has 0 radical (unpaired) electrons. The molecule has 0 aliphatic rings. The molecule has 0 saturated carbocycles. The molecule has 0 aliphatic heterocycles. The van der Waals surface area contributed by atoms with Crippen molar-refractivity contribution in [1.29, 1.82) is 0 Å². The molecule has 0 spiro atoms. The first-order chi connectivity index (χ1) is 11.9. The highest BCUT2D eigenvalue weighted by atomic mass is 35.5. The van der Waals surface area contributed by atoms with Gasteiger partial charge in [0.05, 0.1) is 11.6 Å². The van der Waals surface area contributed by atoms with Crippen LogP contribution in [-0.2, 0) is 0 Å². The topological polar surface area (TPSA) is 107 Å². The van der Waals surface area contributed by atoms with Crippen molar-refractivity contribution in [3.05, 3.63) is 59.3 Å². The summed E-state index contributed by atoms with van der Waals surface area (Å²) >= 11 is 5.88. The van der Waals surface area contributed by atoms with E-state index < -0.39 is 11.9 Å². The summed E-state index contributed by atoms with van der Waals surface area (Å²) in [6.45, 7) is 1.35. The Labute approximate surface area is 148 Å². The van der Waals surface area contributed by atoms with E-state index in [1.165, 1.54) is 6.92 Å². The van der Waals surface area contributed by atoms with Crippen LogP contribution in [0.3, 0.4) is 0 Å². The van der Waals surface area contributed by atoms with Crippen LogP contribution in [0.1, 0.15) is 12.5 Å². The van der Waals surface area contributed by atoms with Crippen LogP contribution < -0.4 is 17.4 Å². The summed E-state index contributed by atoms with van der Waals surface area (Å²) in [5.41, 5.74) is 7.69. The minimum Gasteiger partial charge on any atom is -0.383 e. The fourth-order valence-electron chi connectivity index (χ4n) is 2.14. The predicted molar refractivity (Wildman–Crippen MR) is 95.6 cm³/mol. The van der Waals surface area contributed by atoms with Gasteiger partial charge < -0.3 is 11.6 Å². The highest BCUT2D eigenvalue weighted by Crippen LogP contribution is 2.25. The van der Waals surface area contributed by atoms with Gasteiger partial charge in [-0.2, -0.15) is 5.10 Å². The molecule has 1 unspecified atom stereocenters. The smallest absolute Gasteiger partial charge is 0.173 e. The molecule has 1 atom stereocenters. The van der Waals surface area contributed by atoms with Gasteiger partial charge in [-0.05, 0) is 30.7 Å². The second-order valence-corrected chi connectivity index (χ2v) is 5.63. The molecule has 1 aromatic carbocycles. The van der Waals surface area contributed by atoms with E-state index in [9.17, 15) is 8.78 Å². The maximum absolute atomic E-state index is 13.5. The summed E-state index contributed by atoms with van der Waals surface area (Å²) in [7, 11) is 0. The number of nitrogens with two attached hydrogens (primary N) is 3. The minimum absolute atomic E-state index is 0.0367. The van der Waals surface area contributed by atoms with E-state index in [4.69, 9.17) is 29.0 Å². The molecule has 0 amide bonds. The molecule has 1 heterocycles. The molecule has 1 aromatic heterocycles. The van der Waals surface area contributed by atoms with Gasteiger partial charge in [-0.15, -0.1) is 0 Å². The highest BCUT2D eigenvalue weighted by molar-refractivity contribution is 6.30. The van der Waals surface area contributed by atoms with Crippen LogP contribution in [0.5, 0.6) is 0 Å². The van der Waals surface area contributed by atoms with Crippen molar-refractivity contribution >= 4 is 23.3 Å². The molecule has 6 nitrogen and oxygen atoms in total. The highest BCUT2D eigenvalue weighted by Gasteiger charge is 2.23. The summed E-state index contributed by atoms with van der Waals surface area (Å²) < 4.78 is 25.9. The van der Waals surface area contributed by atoms with E-state index in [2.05, 4.69) is 10.1 Å². The molecule has 0 fully saturated rings. The predicted octanol–water partition coefficient (Wildman–Crippen LogP) is 2.95. The van der Waals surface area contributed by atoms with Crippen LogP contribution in [0, 0.1) is 0 Å². The molecule has 2 aromatic rings. The minimum atomic E-state index is -1.13. The number of hydrogen-bond acceptors (Lipinski definition) is 5. The molecule has 0 bridgehead atoms. The van der Waals surface area contributed by atoms with Gasteiger partial charge in [0.15, 0.2) is 11.7 Å². The van der Waals surface area contributed by atoms with Crippen LogP contribution >= 0.6 is 11.6 Å². The van der Waals surface area contributed by atoms with Crippen LogP contribution in [0.15, 0.2) is 53.8 Å². The molecular formula is C16H17ClF2N6. The SMILES string of the molecule is CC(/C(F)=C/F)N(N)/C(=N\N)c1cc(-c2ccc(Cl)cc2)cnc1N. The number of halogens is 3. The second kappa shape index (κ2) is 7.91. The van der Waals surface area contributed by atoms with E-state index in [0.717, 1.165) is 10.6 Å². The second-order valence-electron chi connectivity index (χ2n) is 5.19. The maximum Gasteiger partial charge on any atom is 0.173 e. The number of hydrazine groups is 1. The Morgan fingerprint density at radius 2 is 1.96 bits per heavy atom. The Morgan fingerprint density at radius 1 is 1.32 bits per heavy atom.